The number of nitrogens with zero attached hydrogens (tertiary/aromatic N) is 7. The number of sulfonamides is 1. The van der Waals surface area contributed by atoms with Crippen LogP contribution in [0.25, 0.3) is 11.8 Å². The number of hydrogen-bond acceptors (Lipinski definition) is 8. The van der Waals surface area contributed by atoms with E-state index < -0.39 is 15.4 Å². The van der Waals surface area contributed by atoms with Crippen LogP contribution >= 0.6 is 11.3 Å². The number of halogens is 1. The Bertz CT molecular complexity index is 1640. The first-order chi connectivity index (χ1) is 18.3. The fourth-order valence-electron chi connectivity index (χ4n) is 5.22. The zero-order valence-electron chi connectivity index (χ0n) is 20.5. The topological polar surface area (TPSA) is 116 Å². The summed E-state index contributed by atoms with van der Waals surface area (Å²) in [5.74, 6) is -0.566. The molecule has 0 bridgehead atoms. The van der Waals surface area contributed by atoms with Crippen molar-refractivity contribution in [1.29, 1.82) is 0 Å². The fourth-order valence-corrected chi connectivity index (χ4v) is 7.11. The van der Waals surface area contributed by atoms with Gasteiger partial charge < -0.3 is 0 Å². The fraction of sp³-hybridized carbons (Fsp3) is 0.320. The number of carbonyl (C=O) groups is 1. The number of piperidine rings is 1. The van der Waals surface area contributed by atoms with Crippen LogP contribution < -0.4 is 0 Å². The maximum absolute atomic E-state index is 14.0. The van der Waals surface area contributed by atoms with Crippen molar-refractivity contribution in [2.75, 3.05) is 13.1 Å². The summed E-state index contributed by atoms with van der Waals surface area (Å²) >= 11 is 1.32. The van der Waals surface area contributed by atoms with Gasteiger partial charge in [0.15, 0.2) is 5.78 Å². The maximum Gasteiger partial charge on any atom is 0.264 e. The second-order valence-corrected chi connectivity index (χ2v) is 12.0. The Morgan fingerprint density at radius 2 is 2.00 bits per heavy atom. The van der Waals surface area contributed by atoms with Crippen LogP contribution in [0.15, 0.2) is 58.1 Å². The van der Waals surface area contributed by atoms with Crippen molar-refractivity contribution in [1.82, 2.24) is 34.1 Å². The summed E-state index contributed by atoms with van der Waals surface area (Å²) in [5, 5.41) is 14.3. The summed E-state index contributed by atoms with van der Waals surface area (Å²) in [6, 6.07) is 6.03. The molecule has 4 aromatic rings. The Morgan fingerprint density at radius 1 is 1.18 bits per heavy atom. The van der Waals surface area contributed by atoms with Crippen LogP contribution in [0.2, 0.25) is 0 Å². The van der Waals surface area contributed by atoms with Gasteiger partial charge in [-0.15, -0.1) is 16.4 Å². The summed E-state index contributed by atoms with van der Waals surface area (Å²) in [4.78, 5) is 19.6. The molecule has 1 saturated heterocycles. The molecule has 0 N–H and O–H groups in total. The van der Waals surface area contributed by atoms with Crippen molar-refractivity contribution in [3.63, 3.8) is 0 Å². The van der Waals surface area contributed by atoms with E-state index in [4.69, 9.17) is 0 Å². The molecule has 3 aromatic heterocycles. The Labute approximate surface area is 222 Å². The van der Waals surface area contributed by atoms with E-state index in [9.17, 15) is 17.6 Å². The number of thiazole rings is 1. The first-order valence-electron chi connectivity index (χ1n) is 12.2. The van der Waals surface area contributed by atoms with Gasteiger partial charge in [0.2, 0.25) is 5.03 Å². The molecule has 10 nitrogen and oxygen atoms in total. The van der Waals surface area contributed by atoms with Crippen molar-refractivity contribution in [3.8, 4) is 5.69 Å². The molecule has 1 unspecified atom stereocenters. The summed E-state index contributed by atoms with van der Waals surface area (Å²) in [5.41, 5.74) is 3.89. The van der Waals surface area contributed by atoms with Gasteiger partial charge in [-0.05, 0) is 55.2 Å². The van der Waals surface area contributed by atoms with E-state index in [1.165, 1.54) is 38.8 Å². The molecule has 1 aliphatic carbocycles. The van der Waals surface area contributed by atoms with Crippen LogP contribution in [-0.2, 0) is 23.0 Å². The molecule has 0 saturated carbocycles. The Morgan fingerprint density at radius 3 is 2.74 bits per heavy atom. The first-order valence-corrected chi connectivity index (χ1v) is 14.6. The molecule has 1 aliphatic heterocycles. The van der Waals surface area contributed by atoms with Gasteiger partial charge in [0.1, 0.15) is 11.5 Å². The molecule has 13 heteroatoms. The number of ketones is 1. The van der Waals surface area contributed by atoms with Crippen molar-refractivity contribution in [2.45, 2.75) is 37.8 Å². The Kier molecular flexibility index (Phi) is 6.08. The van der Waals surface area contributed by atoms with Crippen LogP contribution in [0, 0.1) is 11.2 Å². The molecule has 196 valence electrons. The van der Waals surface area contributed by atoms with Crippen LogP contribution in [0.4, 0.5) is 4.39 Å². The van der Waals surface area contributed by atoms with Crippen LogP contribution in [0.5, 0.6) is 0 Å². The number of rotatable bonds is 7. The number of hydrogen-bond donors (Lipinski definition) is 0. The third-order valence-electron chi connectivity index (χ3n) is 7.09. The lowest BCUT2D eigenvalue weighted by Gasteiger charge is -2.44. The average Bonchev–Trinajstić information content (AvgIpc) is 3.69. The van der Waals surface area contributed by atoms with Gasteiger partial charge in [-0.1, -0.05) is 12.5 Å². The van der Waals surface area contributed by atoms with Crippen molar-refractivity contribution >= 4 is 33.2 Å². The summed E-state index contributed by atoms with van der Waals surface area (Å²) in [6.07, 6.45) is 6.27. The highest BCUT2D eigenvalue weighted by molar-refractivity contribution is 7.89. The zero-order valence-corrected chi connectivity index (χ0v) is 22.1. The number of benzene rings is 1. The second-order valence-electron chi connectivity index (χ2n) is 9.44. The number of aromatic nitrogens is 6. The molecule has 6 rings (SSSR count). The molecular formula is C25H24FN7O3S2. The summed E-state index contributed by atoms with van der Waals surface area (Å²) in [7, 11) is -3.98. The minimum absolute atomic E-state index is 0.0423. The molecule has 0 radical (unpaired) electrons. The molecule has 1 fully saturated rings. The number of fused-ring (bicyclic) bond motifs is 2. The minimum Gasteiger partial charge on any atom is -0.291 e. The quantitative estimate of drug-likeness (QED) is 0.322. The molecule has 2 aliphatic rings. The van der Waals surface area contributed by atoms with Crippen LogP contribution in [0.1, 0.15) is 41.5 Å². The van der Waals surface area contributed by atoms with Crippen LogP contribution in [-0.4, -0.2) is 61.4 Å². The Balaban J connectivity index is 1.41. The smallest absolute Gasteiger partial charge is 0.264 e. The second kappa shape index (κ2) is 9.33. The summed E-state index contributed by atoms with van der Waals surface area (Å²) < 4.78 is 43.8. The largest absolute Gasteiger partial charge is 0.291 e. The van der Waals surface area contributed by atoms with Crippen molar-refractivity contribution < 1.29 is 17.6 Å². The normalized spacial score (nSPS) is 19.6. The van der Waals surface area contributed by atoms with E-state index in [2.05, 4.69) is 20.3 Å². The summed E-state index contributed by atoms with van der Waals surface area (Å²) in [6.45, 7) is 2.62. The van der Waals surface area contributed by atoms with E-state index >= 15 is 0 Å². The highest BCUT2D eigenvalue weighted by Gasteiger charge is 2.51. The molecular weight excluding hydrogens is 529 g/mol. The molecule has 0 amide bonds. The zero-order chi connectivity index (χ0) is 26.5. The van der Waals surface area contributed by atoms with Gasteiger partial charge in [0.25, 0.3) is 10.0 Å². The van der Waals surface area contributed by atoms with E-state index in [1.807, 2.05) is 13.0 Å². The minimum atomic E-state index is -3.98. The van der Waals surface area contributed by atoms with Crippen molar-refractivity contribution in [2.24, 2.45) is 5.41 Å². The molecule has 4 heterocycles. The molecule has 1 aromatic carbocycles. The van der Waals surface area contributed by atoms with Crippen molar-refractivity contribution in [3.05, 3.63) is 75.9 Å². The third kappa shape index (κ3) is 4.01. The highest BCUT2D eigenvalue weighted by atomic mass is 32.2. The van der Waals surface area contributed by atoms with Crippen LogP contribution in [0.3, 0.4) is 0 Å². The maximum atomic E-state index is 14.0. The van der Waals surface area contributed by atoms with Gasteiger partial charge in [0, 0.05) is 18.5 Å². The van der Waals surface area contributed by atoms with Gasteiger partial charge in [-0.2, -0.15) is 19.3 Å². The van der Waals surface area contributed by atoms with E-state index in [0.717, 1.165) is 23.3 Å². The standard InChI is InChI=1S/C25H24FN7O3S2/c1-2-8-32-28-13-23(30-32)38(35,36)31-9-7-18-10-22-17(12-29-33(22)20-5-3-19(26)4-6-20)11-25(18,15-31)24(34)21-14-37-16-27-21/h3-6,10,12-14,16H,2,7-9,11,15H2,1H3. The highest BCUT2D eigenvalue weighted by Crippen LogP contribution is 2.47. The lowest BCUT2D eigenvalue weighted by Crippen LogP contribution is -2.53. The monoisotopic (exact) mass is 553 g/mol. The van der Waals surface area contributed by atoms with E-state index in [1.54, 1.807) is 33.9 Å². The number of carbonyl (C=O) groups excluding carboxylic acids is 1. The van der Waals surface area contributed by atoms with Gasteiger partial charge in [-0.25, -0.2) is 22.5 Å². The third-order valence-corrected chi connectivity index (χ3v) is 9.39. The predicted octanol–water partition coefficient (Wildman–Crippen LogP) is 3.37. The van der Waals surface area contributed by atoms with E-state index in [0.29, 0.717) is 24.3 Å². The van der Waals surface area contributed by atoms with Gasteiger partial charge in [-0.3, -0.25) is 4.79 Å². The molecule has 0 spiro atoms. The lowest BCUT2D eigenvalue weighted by atomic mass is 9.65. The Hall–Kier alpha value is -3.55. The SMILES string of the molecule is CCCn1ncc(S(=O)(=O)N2CCC3=Cc4c(cnn4-c4ccc(F)cc4)CC3(C(=O)c3cscn3)C2)n1. The predicted molar refractivity (Wildman–Crippen MR) is 138 cm³/mol. The van der Waals surface area contributed by atoms with E-state index in [-0.39, 0.29) is 36.1 Å². The first kappa shape index (κ1) is 24.8. The molecule has 38 heavy (non-hydrogen) atoms. The number of Topliss-reactive ketones (excluding diaryl/α,β-unsaturated/α-hetero) is 1. The van der Waals surface area contributed by atoms with Gasteiger partial charge in [0.05, 0.1) is 41.2 Å². The average molecular weight is 554 g/mol. The van der Waals surface area contributed by atoms with Gasteiger partial charge >= 0.3 is 0 Å². The molecule has 1 atom stereocenters. The lowest BCUT2D eigenvalue weighted by molar-refractivity contribution is 0.0770. The number of aryl methyl sites for hydroxylation is 1.